The van der Waals surface area contributed by atoms with Crippen LogP contribution in [-0.4, -0.2) is 64.9 Å². The number of halogens is 1. The van der Waals surface area contributed by atoms with Crippen LogP contribution < -0.4 is 16.0 Å². The molecule has 0 spiro atoms. The van der Waals surface area contributed by atoms with Crippen LogP contribution in [0.15, 0.2) is 34.6 Å². The topological polar surface area (TPSA) is 154 Å². The Morgan fingerprint density at radius 1 is 0.913 bits per heavy atom. The Kier molecular flexibility index (Phi) is 13.0. The summed E-state index contributed by atoms with van der Waals surface area (Å²) >= 11 is 3.43. The van der Waals surface area contributed by atoms with Gasteiger partial charge in [0.05, 0.1) is 12.6 Å². The fraction of sp³-hybridized carbons (Fsp3) is 0.545. The van der Waals surface area contributed by atoms with Gasteiger partial charge >= 0.3 is 18.2 Å². The third-order valence-corrected chi connectivity index (χ3v) is 7.26. The first-order chi connectivity index (χ1) is 21.2. The molecule has 0 saturated carbocycles. The zero-order valence-corrected chi connectivity index (χ0v) is 30.1. The van der Waals surface area contributed by atoms with Crippen LogP contribution in [0.5, 0.6) is 0 Å². The van der Waals surface area contributed by atoms with Crippen LogP contribution in [0, 0.1) is 11.8 Å². The number of methoxy groups -OCH3 is 1. The highest BCUT2D eigenvalue weighted by Gasteiger charge is 2.33. The number of fused-ring (bicyclic) bond motifs is 1. The standard InChI is InChI=1S/C33H47BrN4O8/c1-12-19(4)26(37-30(42)45-32(5,6)7)28(40)36-25(18(2)3)27(39)35-23(29(41)44-11)15-20-17-38(31(43)46-33(8,9)10)24-16-21(34)13-14-22(20)24/h13-19,25-26H,12H2,1-11H3,(H,35,39)(H,36,40)(H,37,42)/b23-15-/t19-,25-,26-/m0/s1. The number of ether oxygens (including phenoxy) is 3. The van der Waals surface area contributed by atoms with Crippen LogP contribution in [0.25, 0.3) is 17.0 Å². The number of aromatic nitrogens is 1. The van der Waals surface area contributed by atoms with E-state index >= 15 is 0 Å². The summed E-state index contributed by atoms with van der Waals surface area (Å²) in [5.41, 5.74) is -0.811. The summed E-state index contributed by atoms with van der Waals surface area (Å²) in [6, 6.07) is 3.19. The maximum Gasteiger partial charge on any atom is 0.419 e. The molecule has 12 nitrogen and oxygen atoms in total. The van der Waals surface area contributed by atoms with E-state index in [1.165, 1.54) is 23.9 Å². The molecule has 0 aliphatic carbocycles. The molecule has 3 atom stereocenters. The van der Waals surface area contributed by atoms with E-state index in [2.05, 4.69) is 31.9 Å². The van der Waals surface area contributed by atoms with Crippen molar-refractivity contribution in [3.8, 4) is 0 Å². The van der Waals surface area contributed by atoms with Gasteiger partial charge in [-0.15, -0.1) is 0 Å². The summed E-state index contributed by atoms with van der Waals surface area (Å²) in [5.74, 6) is -2.80. The van der Waals surface area contributed by atoms with Crippen molar-refractivity contribution in [3.63, 3.8) is 0 Å². The van der Waals surface area contributed by atoms with E-state index in [1.807, 2.05) is 6.92 Å². The molecule has 1 heterocycles. The number of esters is 1. The number of nitrogens with zero attached hydrogens (tertiary/aromatic N) is 1. The minimum Gasteiger partial charge on any atom is -0.464 e. The van der Waals surface area contributed by atoms with Crippen molar-refractivity contribution >= 4 is 62.9 Å². The number of nitrogens with one attached hydrogen (secondary N) is 3. The molecule has 0 aliphatic heterocycles. The van der Waals surface area contributed by atoms with Crippen LogP contribution in [0.2, 0.25) is 0 Å². The van der Waals surface area contributed by atoms with E-state index in [4.69, 9.17) is 14.2 Å². The van der Waals surface area contributed by atoms with Crippen molar-refractivity contribution in [1.82, 2.24) is 20.5 Å². The lowest BCUT2D eigenvalue weighted by molar-refractivity contribution is -0.138. The minimum absolute atomic E-state index is 0.219. The molecule has 0 aliphatic rings. The summed E-state index contributed by atoms with van der Waals surface area (Å²) in [4.78, 5) is 65.5. The van der Waals surface area contributed by atoms with E-state index in [1.54, 1.807) is 80.5 Å². The molecule has 0 unspecified atom stereocenters. The number of alkyl carbamates (subject to hydrolysis) is 1. The fourth-order valence-electron chi connectivity index (χ4n) is 4.34. The molecular formula is C33H47BrN4O8. The van der Waals surface area contributed by atoms with Crippen LogP contribution in [0.4, 0.5) is 9.59 Å². The van der Waals surface area contributed by atoms with Gasteiger partial charge in [0.2, 0.25) is 11.8 Å². The number of benzene rings is 1. The Balaban J connectivity index is 2.46. The number of amides is 3. The van der Waals surface area contributed by atoms with Crippen LogP contribution in [0.3, 0.4) is 0 Å². The molecule has 0 saturated heterocycles. The Morgan fingerprint density at radius 2 is 1.52 bits per heavy atom. The lowest BCUT2D eigenvalue weighted by Gasteiger charge is -2.29. The second-order valence-electron chi connectivity index (χ2n) is 13.4. The average molecular weight is 708 g/mol. The third-order valence-electron chi connectivity index (χ3n) is 6.77. The number of hydrogen-bond acceptors (Lipinski definition) is 8. The maximum atomic E-state index is 13.6. The lowest BCUT2D eigenvalue weighted by Crippen LogP contribution is -2.57. The highest BCUT2D eigenvalue weighted by atomic mass is 79.9. The predicted octanol–water partition coefficient (Wildman–Crippen LogP) is 5.90. The van der Waals surface area contributed by atoms with Gasteiger partial charge in [-0.05, 0) is 71.6 Å². The molecule has 0 radical (unpaired) electrons. The molecular weight excluding hydrogens is 660 g/mol. The van der Waals surface area contributed by atoms with Crippen molar-refractivity contribution in [2.75, 3.05) is 7.11 Å². The van der Waals surface area contributed by atoms with Gasteiger partial charge in [-0.1, -0.05) is 56.1 Å². The van der Waals surface area contributed by atoms with Gasteiger partial charge in [0.1, 0.15) is 29.0 Å². The SMILES string of the molecule is CC[C@H](C)[C@H](NC(=O)OC(C)(C)C)C(=O)N[C@H](C(=O)N/C(=C\c1cn(C(=O)OC(C)(C)C)c2cc(Br)ccc12)C(=O)OC)C(C)C. The quantitative estimate of drug-likeness (QED) is 0.157. The molecule has 0 bridgehead atoms. The summed E-state index contributed by atoms with van der Waals surface area (Å²) in [6.45, 7) is 17.5. The highest BCUT2D eigenvalue weighted by Crippen LogP contribution is 2.28. The number of carbonyl (C=O) groups is 5. The number of rotatable bonds is 10. The van der Waals surface area contributed by atoms with Gasteiger partial charge in [-0.25, -0.2) is 14.4 Å². The van der Waals surface area contributed by atoms with E-state index in [0.717, 1.165) is 0 Å². The molecule has 2 aromatic rings. The van der Waals surface area contributed by atoms with E-state index in [0.29, 0.717) is 27.4 Å². The van der Waals surface area contributed by atoms with Gasteiger partial charge in [-0.2, -0.15) is 0 Å². The fourth-order valence-corrected chi connectivity index (χ4v) is 4.69. The summed E-state index contributed by atoms with van der Waals surface area (Å²) in [6.07, 6.45) is 2.08. The van der Waals surface area contributed by atoms with Crippen molar-refractivity contribution in [2.45, 2.75) is 98.9 Å². The summed E-state index contributed by atoms with van der Waals surface area (Å²) in [7, 11) is 1.17. The molecule has 46 heavy (non-hydrogen) atoms. The van der Waals surface area contributed by atoms with Crippen molar-refractivity contribution in [2.24, 2.45) is 11.8 Å². The Hall–Kier alpha value is -3.87. The zero-order valence-electron chi connectivity index (χ0n) is 28.5. The van der Waals surface area contributed by atoms with E-state index < -0.39 is 59.2 Å². The zero-order chi connectivity index (χ0) is 35.1. The average Bonchev–Trinajstić information content (AvgIpc) is 3.28. The van der Waals surface area contributed by atoms with E-state index in [9.17, 15) is 24.0 Å². The Bertz CT molecular complexity index is 1480. The van der Waals surface area contributed by atoms with E-state index in [-0.39, 0.29) is 11.6 Å². The first-order valence-corrected chi connectivity index (χ1v) is 15.9. The molecule has 3 N–H and O–H groups in total. The minimum atomic E-state index is -1.09. The Morgan fingerprint density at radius 3 is 2.04 bits per heavy atom. The first-order valence-electron chi connectivity index (χ1n) is 15.1. The first kappa shape index (κ1) is 38.3. The van der Waals surface area contributed by atoms with Crippen molar-refractivity contribution in [1.29, 1.82) is 0 Å². The highest BCUT2D eigenvalue weighted by molar-refractivity contribution is 9.10. The van der Waals surface area contributed by atoms with Gasteiger partial charge in [-0.3, -0.25) is 14.2 Å². The normalized spacial score (nSPS) is 14.2. The maximum absolute atomic E-state index is 13.6. The lowest BCUT2D eigenvalue weighted by atomic mass is 9.96. The molecule has 3 amide bonds. The van der Waals surface area contributed by atoms with Crippen LogP contribution >= 0.6 is 15.9 Å². The smallest absolute Gasteiger partial charge is 0.419 e. The van der Waals surface area contributed by atoms with Gasteiger partial charge in [0.25, 0.3) is 0 Å². The largest absolute Gasteiger partial charge is 0.464 e. The predicted molar refractivity (Wildman–Crippen MR) is 179 cm³/mol. The van der Waals surface area contributed by atoms with Crippen molar-refractivity contribution < 1.29 is 38.2 Å². The van der Waals surface area contributed by atoms with Crippen molar-refractivity contribution in [3.05, 3.63) is 40.1 Å². The van der Waals surface area contributed by atoms with Gasteiger partial charge in [0, 0.05) is 21.6 Å². The molecule has 1 aromatic heterocycles. The molecule has 0 fully saturated rings. The Labute approximate surface area is 279 Å². The summed E-state index contributed by atoms with van der Waals surface area (Å²) in [5, 5.41) is 8.55. The second-order valence-corrected chi connectivity index (χ2v) is 14.3. The van der Waals surface area contributed by atoms with Gasteiger partial charge < -0.3 is 30.2 Å². The van der Waals surface area contributed by atoms with Crippen LogP contribution in [0.1, 0.15) is 81.2 Å². The molecule has 2 rings (SSSR count). The molecule has 13 heteroatoms. The number of carbonyl (C=O) groups excluding carboxylic acids is 5. The molecule has 254 valence electrons. The summed E-state index contributed by atoms with van der Waals surface area (Å²) < 4.78 is 17.9. The second kappa shape index (κ2) is 15.6. The monoisotopic (exact) mass is 706 g/mol. The third kappa shape index (κ3) is 10.9. The molecule has 1 aromatic carbocycles. The number of hydrogen-bond donors (Lipinski definition) is 3. The van der Waals surface area contributed by atoms with Gasteiger partial charge in [0.15, 0.2) is 0 Å². The van der Waals surface area contributed by atoms with Crippen LogP contribution in [-0.2, 0) is 28.6 Å².